The molecule has 1 aliphatic rings. The summed E-state index contributed by atoms with van der Waals surface area (Å²) in [6.07, 6.45) is -0.456. The highest BCUT2D eigenvalue weighted by atomic mass is 35.5. The Bertz CT molecular complexity index is 2060. The van der Waals surface area contributed by atoms with Crippen molar-refractivity contribution in [3.05, 3.63) is 154 Å². The van der Waals surface area contributed by atoms with E-state index in [4.69, 9.17) is 17.3 Å². The summed E-state index contributed by atoms with van der Waals surface area (Å²) >= 11 is 6.04. The minimum absolute atomic E-state index is 0.0684. The molecule has 4 N–H and O–H groups in total. The quantitative estimate of drug-likeness (QED) is 0.140. The van der Waals surface area contributed by atoms with Gasteiger partial charge in [0.1, 0.15) is 11.7 Å². The van der Waals surface area contributed by atoms with Crippen LogP contribution in [0.1, 0.15) is 33.5 Å². The molecule has 0 aromatic heterocycles. The number of hydrogen-bond donors (Lipinski definition) is 3. The van der Waals surface area contributed by atoms with Crippen molar-refractivity contribution in [3.8, 4) is 0 Å². The molecule has 1 atom stereocenters. The monoisotopic (exact) mass is 689 g/mol. The minimum Gasteiger partial charge on any atom is -0.352 e. The molecule has 0 aliphatic carbocycles. The maximum atomic E-state index is 14.4. The highest BCUT2D eigenvalue weighted by Gasteiger charge is 2.42. The molecule has 50 heavy (non-hydrogen) atoms. The van der Waals surface area contributed by atoms with Gasteiger partial charge >= 0.3 is 0 Å². The number of para-hydroxylation sites is 2. The van der Waals surface area contributed by atoms with Gasteiger partial charge in [-0.2, -0.15) is 0 Å². The summed E-state index contributed by atoms with van der Waals surface area (Å²) in [5.41, 5.74) is 10.1. The van der Waals surface area contributed by atoms with Crippen molar-refractivity contribution >= 4 is 58.0 Å². The molecule has 0 saturated carbocycles. The van der Waals surface area contributed by atoms with Gasteiger partial charge in [-0.1, -0.05) is 72.3 Å². The number of nitrogens with one attached hydrogen (secondary N) is 2. The predicted molar refractivity (Wildman–Crippen MR) is 191 cm³/mol. The summed E-state index contributed by atoms with van der Waals surface area (Å²) in [6, 6.07) is 33.8. The first-order chi connectivity index (χ1) is 24.2. The summed E-state index contributed by atoms with van der Waals surface area (Å²) in [4.78, 5) is 57.8. The van der Waals surface area contributed by atoms with E-state index in [2.05, 4.69) is 10.6 Å². The van der Waals surface area contributed by atoms with Gasteiger partial charge in [-0.3, -0.25) is 24.1 Å². The molecular formula is C39H33ClFN5O4. The zero-order valence-electron chi connectivity index (χ0n) is 26.8. The van der Waals surface area contributed by atoms with Gasteiger partial charge < -0.3 is 21.3 Å². The first-order valence-electron chi connectivity index (χ1n) is 15.9. The Morgan fingerprint density at radius 1 is 0.780 bits per heavy atom. The van der Waals surface area contributed by atoms with E-state index >= 15 is 0 Å². The molecule has 1 heterocycles. The Morgan fingerprint density at radius 3 is 2.16 bits per heavy atom. The number of hydrogen-bond acceptors (Lipinski definition) is 5. The van der Waals surface area contributed by atoms with Crippen molar-refractivity contribution < 1.29 is 23.6 Å². The molecule has 0 bridgehead atoms. The average molecular weight is 690 g/mol. The van der Waals surface area contributed by atoms with E-state index in [0.29, 0.717) is 45.4 Å². The maximum absolute atomic E-state index is 14.4. The van der Waals surface area contributed by atoms with Crippen molar-refractivity contribution in [3.63, 3.8) is 0 Å². The van der Waals surface area contributed by atoms with Gasteiger partial charge in [0.2, 0.25) is 17.7 Å². The largest absolute Gasteiger partial charge is 0.352 e. The summed E-state index contributed by atoms with van der Waals surface area (Å²) in [5, 5.41) is 5.95. The minimum atomic E-state index is -1.39. The van der Waals surface area contributed by atoms with Gasteiger partial charge in [-0.05, 0) is 71.8 Å². The van der Waals surface area contributed by atoms with Crippen LogP contribution in [0.15, 0.2) is 121 Å². The van der Waals surface area contributed by atoms with Crippen molar-refractivity contribution in [1.82, 2.24) is 5.32 Å². The molecule has 5 aromatic carbocycles. The number of rotatable bonds is 10. The van der Waals surface area contributed by atoms with Crippen LogP contribution < -0.4 is 26.2 Å². The number of carbonyl (C=O) groups excluding carboxylic acids is 4. The lowest BCUT2D eigenvalue weighted by Crippen LogP contribution is -2.43. The molecule has 252 valence electrons. The molecule has 6 rings (SSSR count). The highest BCUT2D eigenvalue weighted by Crippen LogP contribution is 2.40. The van der Waals surface area contributed by atoms with Crippen LogP contribution in [0, 0.1) is 11.7 Å². The molecule has 9 nitrogen and oxygen atoms in total. The van der Waals surface area contributed by atoms with E-state index in [1.807, 2.05) is 0 Å². The summed E-state index contributed by atoms with van der Waals surface area (Å²) in [5.74, 6) is -3.92. The van der Waals surface area contributed by atoms with E-state index in [1.54, 1.807) is 115 Å². The molecule has 0 spiro atoms. The van der Waals surface area contributed by atoms with E-state index in [-0.39, 0.29) is 24.6 Å². The Labute approximate surface area is 293 Å². The van der Waals surface area contributed by atoms with Gasteiger partial charge in [-0.25, -0.2) is 4.39 Å². The topological polar surface area (TPSA) is 125 Å². The zero-order valence-corrected chi connectivity index (χ0v) is 27.6. The second-order valence-electron chi connectivity index (χ2n) is 11.7. The fourth-order valence-electron chi connectivity index (χ4n) is 5.76. The normalized spacial score (nSPS) is 14.2. The van der Waals surface area contributed by atoms with Crippen molar-refractivity contribution in [2.24, 2.45) is 11.7 Å². The van der Waals surface area contributed by atoms with Crippen molar-refractivity contribution in [2.45, 2.75) is 26.1 Å². The first kappa shape index (κ1) is 34.0. The number of nitrogens with two attached hydrogens (primary N) is 1. The lowest BCUT2D eigenvalue weighted by molar-refractivity contribution is -0.136. The molecule has 1 unspecified atom stereocenters. The van der Waals surface area contributed by atoms with Gasteiger partial charge in [0.15, 0.2) is 0 Å². The van der Waals surface area contributed by atoms with Crippen LogP contribution in [0.5, 0.6) is 0 Å². The molecule has 1 aliphatic heterocycles. The van der Waals surface area contributed by atoms with Crippen LogP contribution in [0.3, 0.4) is 0 Å². The number of halogens is 2. The van der Waals surface area contributed by atoms with Crippen LogP contribution in [-0.2, 0) is 34.0 Å². The molecule has 4 amide bonds. The number of carbonyl (C=O) groups is 4. The third kappa shape index (κ3) is 7.57. The van der Waals surface area contributed by atoms with E-state index in [9.17, 15) is 23.6 Å². The van der Waals surface area contributed by atoms with E-state index < -0.39 is 35.9 Å². The van der Waals surface area contributed by atoms with Gasteiger partial charge in [0.25, 0.3) is 5.91 Å². The second kappa shape index (κ2) is 15.1. The van der Waals surface area contributed by atoms with E-state index in [1.165, 1.54) is 15.9 Å². The highest BCUT2D eigenvalue weighted by molar-refractivity contribution is 6.31. The van der Waals surface area contributed by atoms with Crippen LogP contribution >= 0.6 is 11.6 Å². The Kier molecular flexibility index (Phi) is 10.3. The van der Waals surface area contributed by atoms with Gasteiger partial charge in [-0.15, -0.1) is 0 Å². The molecule has 0 radical (unpaired) electrons. The van der Waals surface area contributed by atoms with Gasteiger partial charge in [0, 0.05) is 47.0 Å². The van der Waals surface area contributed by atoms with Crippen molar-refractivity contribution in [1.29, 1.82) is 0 Å². The van der Waals surface area contributed by atoms with Crippen LogP contribution in [0.25, 0.3) is 0 Å². The molecular weight excluding hydrogens is 657 g/mol. The van der Waals surface area contributed by atoms with Crippen LogP contribution in [0.2, 0.25) is 5.02 Å². The lowest BCUT2D eigenvalue weighted by Gasteiger charge is -2.26. The Hall–Kier alpha value is -5.84. The molecule has 5 aromatic rings. The molecule has 0 fully saturated rings. The smallest absolute Gasteiger partial charge is 0.255 e. The number of nitrogens with zero attached hydrogens (tertiary/aromatic N) is 2. The number of amides is 4. The third-order valence-electron chi connectivity index (χ3n) is 8.39. The average Bonchev–Trinajstić information content (AvgIpc) is 3.21. The zero-order chi connectivity index (χ0) is 35.2. The summed E-state index contributed by atoms with van der Waals surface area (Å²) in [6.45, 7) is 0.277. The van der Waals surface area contributed by atoms with E-state index in [0.717, 1.165) is 5.56 Å². The fourth-order valence-corrected chi connectivity index (χ4v) is 5.95. The maximum Gasteiger partial charge on any atom is 0.255 e. The molecule has 0 saturated heterocycles. The fraction of sp³-hybridized carbons (Fsp3) is 0.128. The SMILES string of the molecule is NCc1ccc(N2C(=O)C(CC(=O)NCc3ccccc3F)C(=O)N(Cc3ccc(NC(=O)c4cccc(Cl)c4)cc3)c3ccccc32)cc1. The number of anilines is 4. The standard InChI is InChI=1S/C39H33ClFN5O4/c40-29-8-5-7-27(20-29)37(48)44-30-16-12-26(13-17-30)24-45-34-10-3-4-11-35(34)46(31-18-14-25(22-42)15-19-31)39(50)32(38(45)49)21-36(47)43-23-28-6-1-2-9-33(28)41/h1-20,32H,21-24,42H2,(H,43,47)(H,44,48). The summed E-state index contributed by atoms with van der Waals surface area (Å²) < 4.78 is 14.3. The third-order valence-corrected chi connectivity index (χ3v) is 8.62. The number of fused-ring (bicyclic) bond motifs is 1. The van der Waals surface area contributed by atoms with Crippen molar-refractivity contribution in [2.75, 3.05) is 15.1 Å². The predicted octanol–water partition coefficient (Wildman–Crippen LogP) is 6.72. The van der Waals surface area contributed by atoms with Crippen LogP contribution in [-0.4, -0.2) is 23.6 Å². The van der Waals surface area contributed by atoms with Gasteiger partial charge in [0.05, 0.1) is 17.9 Å². The lowest BCUT2D eigenvalue weighted by atomic mass is 10.0. The second-order valence-corrected chi connectivity index (χ2v) is 12.2. The Morgan fingerprint density at radius 2 is 1.46 bits per heavy atom. The van der Waals surface area contributed by atoms with Crippen LogP contribution in [0.4, 0.5) is 27.1 Å². The Balaban J connectivity index is 1.30. The molecule has 11 heteroatoms. The number of benzene rings is 5. The first-order valence-corrected chi connectivity index (χ1v) is 16.3. The summed E-state index contributed by atoms with van der Waals surface area (Å²) in [7, 11) is 0.